The maximum absolute atomic E-state index is 15.3. The molecule has 198 valence electrons. The molecule has 2 fully saturated rings. The minimum absolute atomic E-state index is 0.00587. The first kappa shape index (κ1) is 26.4. The van der Waals surface area contributed by atoms with Gasteiger partial charge in [-0.15, -0.1) is 4.99 Å². The maximum Gasteiger partial charge on any atom is 0.437 e. The molecule has 11 nitrogen and oxygen atoms in total. The molecule has 0 spiro atoms. The molecule has 2 saturated heterocycles. The summed E-state index contributed by atoms with van der Waals surface area (Å²) in [6.45, 7) is 4.83. The van der Waals surface area contributed by atoms with Crippen LogP contribution in [0.5, 0.6) is 0 Å². The summed E-state index contributed by atoms with van der Waals surface area (Å²) in [6.07, 6.45) is -0.160. The van der Waals surface area contributed by atoms with Gasteiger partial charge in [-0.05, 0) is 51.1 Å². The third-order valence-electron chi connectivity index (χ3n) is 5.71. The van der Waals surface area contributed by atoms with E-state index < -0.39 is 50.2 Å². The van der Waals surface area contributed by atoms with E-state index in [9.17, 15) is 22.4 Å². The zero-order chi connectivity index (χ0) is 27.2. The summed E-state index contributed by atoms with van der Waals surface area (Å²) >= 11 is 0. The number of ether oxygens (including phenoxy) is 2. The van der Waals surface area contributed by atoms with Gasteiger partial charge in [-0.3, -0.25) is 4.79 Å². The number of nitrogens with zero attached hydrogens (tertiary/aromatic N) is 3. The van der Waals surface area contributed by atoms with E-state index in [-0.39, 0.29) is 35.9 Å². The molecule has 2 aliphatic heterocycles. The summed E-state index contributed by atoms with van der Waals surface area (Å²) in [7, 11) is -3.09. The van der Waals surface area contributed by atoms with Crippen LogP contribution in [-0.2, 0) is 25.0 Å². The quantitative estimate of drug-likeness (QED) is 0.609. The van der Waals surface area contributed by atoms with Crippen molar-refractivity contribution in [1.82, 2.24) is 14.6 Å². The molecule has 3 heterocycles. The van der Waals surface area contributed by atoms with E-state index in [4.69, 9.17) is 9.47 Å². The summed E-state index contributed by atoms with van der Waals surface area (Å²) in [4.78, 5) is 32.4. The van der Waals surface area contributed by atoms with Gasteiger partial charge in [0.15, 0.2) is 0 Å². The highest BCUT2D eigenvalue weighted by molar-refractivity contribution is 7.90. The molecule has 2 amide bonds. The maximum atomic E-state index is 15.3. The fourth-order valence-corrected chi connectivity index (χ4v) is 5.73. The van der Waals surface area contributed by atoms with E-state index in [2.05, 4.69) is 20.6 Å². The van der Waals surface area contributed by atoms with Crippen LogP contribution in [0, 0.1) is 11.6 Å². The Balaban J connectivity index is 1.73. The fourth-order valence-electron chi connectivity index (χ4n) is 4.04. The van der Waals surface area contributed by atoms with Crippen molar-refractivity contribution in [2.75, 3.05) is 19.0 Å². The molecule has 14 heteroatoms. The number of hydrogen-bond acceptors (Lipinski definition) is 7. The summed E-state index contributed by atoms with van der Waals surface area (Å²) in [6, 6.07) is 5.85. The number of benzene rings is 1. The van der Waals surface area contributed by atoms with Gasteiger partial charge in [0.05, 0.1) is 12.8 Å². The second kappa shape index (κ2) is 9.34. The number of guanidine groups is 1. The number of halogens is 2. The normalized spacial score (nSPS) is 23.8. The first-order valence-corrected chi connectivity index (χ1v) is 12.7. The number of aliphatic imine (C=N–C) groups is 1. The Morgan fingerprint density at radius 1 is 1.27 bits per heavy atom. The molecule has 0 saturated carbocycles. The SMILES string of the molecule is CN1/C(=N\C(=O)OC(C)(C)C)N[C@@]2(c3cc(NC(=O)c4ccc(F)cn4)ccc3F)CCOC2S1(=O)=O. The van der Waals surface area contributed by atoms with Gasteiger partial charge >= 0.3 is 6.09 Å². The molecule has 0 bridgehead atoms. The Morgan fingerprint density at radius 2 is 2.00 bits per heavy atom. The first-order valence-electron chi connectivity index (χ1n) is 11.1. The van der Waals surface area contributed by atoms with E-state index in [0.717, 1.165) is 22.6 Å². The molecule has 2 aliphatic rings. The first-order chi connectivity index (χ1) is 17.2. The highest BCUT2D eigenvalue weighted by Gasteiger charge is 2.59. The van der Waals surface area contributed by atoms with Gasteiger partial charge in [0.1, 0.15) is 28.5 Å². The molecule has 1 aromatic carbocycles. The average molecular weight is 538 g/mol. The number of aromatic nitrogens is 1. The summed E-state index contributed by atoms with van der Waals surface area (Å²) in [5.74, 6) is -2.46. The van der Waals surface area contributed by atoms with Gasteiger partial charge in [-0.2, -0.15) is 0 Å². The third-order valence-corrected chi connectivity index (χ3v) is 7.72. The van der Waals surface area contributed by atoms with E-state index in [1.807, 2.05) is 0 Å². The fraction of sp³-hybridized carbons (Fsp3) is 0.391. The Labute approximate surface area is 211 Å². The lowest BCUT2D eigenvalue weighted by Crippen LogP contribution is -2.66. The van der Waals surface area contributed by atoms with Gasteiger partial charge in [0.25, 0.3) is 15.9 Å². The molecule has 2 N–H and O–H groups in total. The molecule has 37 heavy (non-hydrogen) atoms. The number of amides is 2. The van der Waals surface area contributed by atoms with Gasteiger partial charge in [0.2, 0.25) is 11.4 Å². The van der Waals surface area contributed by atoms with Crippen molar-refractivity contribution in [2.24, 2.45) is 4.99 Å². The second-order valence-corrected chi connectivity index (χ2v) is 11.5. The number of rotatable bonds is 3. The Hall–Kier alpha value is -3.65. The lowest BCUT2D eigenvalue weighted by molar-refractivity contribution is 0.0600. The zero-order valence-corrected chi connectivity index (χ0v) is 21.2. The molecule has 0 aliphatic carbocycles. The van der Waals surface area contributed by atoms with Crippen LogP contribution >= 0.6 is 0 Å². The monoisotopic (exact) mass is 537 g/mol. The highest BCUT2D eigenvalue weighted by Crippen LogP contribution is 2.44. The van der Waals surface area contributed by atoms with Gasteiger partial charge < -0.3 is 20.1 Å². The van der Waals surface area contributed by atoms with Crippen molar-refractivity contribution in [3.8, 4) is 0 Å². The van der Waals surface area contributed by atoms with E-state index in [1.165, 1.54) is 25.2 Å². The van der Waals surface area contributed by atoms with Gasteiger partial charge in [-0.1, -0.05) is 0 Å². The number of nitrogens with one attached hydrogen (secondary N) is 2. The summed E-state index contributed by atoms with van der Waals surface area (Å²) in [5.41, 5.74) is -4.21. The molecule has 2 aromatic rings. The minimum Gasteiger partial charge on any atom is -0.442 e. The van der Waals surface area contributed by atoms with Crippen molar-refractivity contribution in [3.05, 3.63) is 59.4 Å². The predicted molar refractivity (Wildman–Crippen MR) is 128 cm³/mol. The number of anilines is 1. The molecule has 1 unspecified atom stereocenters. The number of carbonyl (C=O) groups is 2. The van der Waals surface area contributed by atoms with E-state index >= 15 is 4.39 Å². The van der Waals surface area contributed by atoms with E-state index in [0.29, 0.717) is 0 Å². The van der Waals surface area contributed by atoms with Crippen LogP contribution < -0.4 is 10.6 Å². The van der Waals surface area contributed by atoms with Crippen molar-refractivity contribution in [3.63, 3.8) is 0 Å². The lowest BCUT2D eigenvalue weighted by atomic mass is 9.87. The van der Waals surface area contributed by atoms with Crippen LogP contribution in [0.25, 0.3) is 0 Å². The van der Waals surface area contributed by atoms with Crippen molar-refractivity contribution >= 4 is 33.7 Å². The number of carbonyl (C=O) groups excluding carboxylic acids is 2. The number of fused-ring (bicyclic) bond motifs is 1. The minimum atomic E-state index is -4.27. The van der Waals surface area contributed by atoms with Crippen molar-refractivity contribution in [2.45, 2.75) is 43.8 Å². The van der Waals surface area contributed by atoms with Crippen LogP contribution in [-0.4, -0.2) is 60.4 Å². The molecular weight excluding hydrogens is 512 g/mol. The Morgan fingerprint density at radius 3 is 2.65 bits per heavy atom. The average Bonchev–Trinajstić information content (AvgIpc) is 3.24. The molecule has 0 radical (unpaired) electrons. The number of sulfonamides is 1. The third kappa shape index (κ3) is 5.11. The summed E-state index contributed by atoms with van der Waals surface area (Å²) < 4.78 is 66.5. The molecule has 1 aromatic heterocycles. The second-order valence-electron chi connectivity index (χ2n) is 9.49. The van der Waals surface area contributed by atoms with Crippen LogP contribution in [0.1, 0.15) is 43.2 Å². The number of hydrogen-bond donors (Lipinski definition) is 2. The Bertz CT molecular complexity index is 1380. The molecule has 2 atom stereocenters. The van der Waals surface area contributed by atoms with E-state index in [1.54, 1.807) is 20.8 Å². The standard InChI is InChI=1S/C23H25F2N5O6S/c1-22(2,3)36-21(32)28-20-29-23(9-10-35-19(23)37(33,34)30(20)4)15-11-14(6-7-16(15)25)27-18(31)17-8-5-13(24)12-26-17/h5-8,11-12,19H,9-10H2,1-4H3,(H,27,31)(H,28,29,32)/t19?,23-/m1/s1. The largest absolute Gasteiger partial charge is 0.442 e. The van der Waals surface area contributed by atoms with Gasteiger partial charge in [0, 0.05) is 24.7 Å². The predicted octanol–water partition coefficient (Wildman–Crippen LogP) is 2.71. The van der Waals surface area contributed by atoms with Crippen LogP contribution in [0.15, 0.2) is 41.5 Å². The lowest BCUT2D eigenvalue weighted by Gasteiger charge is -2.43. The van der Waals surface area contributed by atoms with Crippen LogP contribution in [0.2, 0.25) is 0 Å². The van der Waals surface area contributed by atoms with Crippen molar-refractivity contribution < 1.29 is 36.3 Å². The highest BCUT2D eigenvalue weighted by atomic mass is 32.2. The molecule has 4 rings (SSSR count). The topological polar surface area (TPSA) is 139 Å². The number of pyridine rings is 1. The zero-order valence-electron chi connectivity index (χ0n) is 20.4. The van der Waals surface area contributed by atoms with Crippen LogP contribution in [0.3, 0.4) is 0 Å². The van der Waals surface area contributed by atoms with Crippen LogP contribution in [0.4, 0.5) is 19.3 Å². The van der Waals surface area contributed by atoms with Crippen molar-refractivity contribution in [1.29, 1.82) is 0 Å². The molecular formula is C23H25F2N5O6S. The smallest absolute Gasteiger partial charge is 0.437 e. The summed E-state index contributed by atoms with van der Waals surface area (Å²) in [5, 5.41) is 5.43. The van der Waals surface area contributed by atoms with Gasteiger partial charge in [-0.25, -0.2) is 31.3 Å². The Kier molecular flexibility index (Phi) is 6.67.